The SMILES string of the molecule is CCOc1ccc2nc(N3CCC[C@@H](C(=O)NCCc4ccc(OCC)c(OCC)c4)C3)sc2c1. The molecule has 1 fully saturated rings. The summed E-state index contributed by atoms with van der Waals surface area (Å²) in [5.41, 5.74) is 2.09. The number of benzene rings is 2. The quantitative estimate of drug-likeness (QED) is 0.399. The molecule has 1 aliphatic heterocycles. The molecule has 1 saturated heterocycles. The van der Waals surface area contributed by atoms with Gasteiger partial charge in [-0.1, -0.05) is 17.4 Å². The summed E-state index contributed by atoms with van der Waals surface area (Å²) < 4.78 is 18.1. The van der Waals surface area contributed by atoms with E-state index in [4.69, 9.17) is 19.2 Å². The number of carbonyl (C=O) groups is 1. The summed E-state index contributed by atoms with van der Waals surface area (Å²) in [5.74, 6) is 2.46. The molecule has 0 saturated carbocycles. The number of carbonyl (C=O) groups excluding carboxylic acids is 1. The van der Waals surface area contributed by atoms with Crippen molar-refractivity contribution >= 4 is 32.6 Å². The molecule has 1 atom stereocenters. The van der Waals surface area contributed by atoms with Gasteiger partial charge in [-0.15, -0.1) is 0 Å². The summed E-state index contributed by atoms with van der Waals surface area (Å²) in [4.78, 5) is 20.0. The van der Waals surface area contributed by atoms with Crippen LogP contribution in [0.4, 0.5) is 5.13 Å². The monoisotopic (exact) mass is 497 g/mol. The Morgan fingerprint density at radius 2 is 1.86 bits per heavy atom. The Morgan fingerprint density at radius 1 is 1.06 bits per heavy atom. The van der Waals surface area contributed by atoms with Gasteiger partial charge in [0.15, 0.2) is 16.6 Å². The number of anilines is 1. The third-order valence-corrected chi connectivity index (χ3v) is 7.12. The summed E-state index contributed by atoms with van der Waals surface area (Å²) in [6.07, 6.45) is 2.63. The number of amides is 1. The number of ether oxygens (including phenoxy) is 3. The summed E-state index contributed by atoms with van der Waals surface area (Å²) in [7, 11) is 0. The predicted octanol–water partition coefficient (Wildman–Crippen LogP) is 5.07. The van der Waals surface area contributed by atoms with E-state index < -0.39 is 0 Å². The zero-order valence-electron chi connectivity index (χ0n) is 20.8. The van der Waals surface area contributed by atoms with E-state index in [9.17, 15) is 4.79 Å². The second kappa shape index (κ2) is 12.1. The van der Waals surface area contributed by atoms with E-state index in [1.54, 1.807) is 11.3 Å². The van der Waals surface area contributed by atoms with Crippen LogP contribution in [0.2, 0.25) is 0 Å². The van der Waals surface area contributed by atoms with Crippen LogP contribution < -0.4 is 24.4 Å². The van der Waals surface area contributed by atoms with Crippen molar-refractivity contribution < 1.29 is 19.0 Å². The standard InChI is InChI=1S/C27H35N3O4S/c1-4-32-21-10-11-22-25(17-21)35-27(29-22)30-15-7-8-20(18-30)26(31)28-14-13-19-9-12-23(33-5-2)24(16-19)34-6-3/h9-12,16-17,20H,4-8,13-15,18H2,1-3H3,(H,28,31)/t20-/m1/s1. The van der Waals surface area contributed by atoms with Crippen LogP contribution in [-0.2, 0) is 11.2 Å². The Bertz CT molecular complexity index is 1130. The fraction of sp³-hybridized carbons (Fsp3) is 0.481. The van der Waals surface area contributed by atoms with Gasteiger partial charge in [-0.3, -0.25) is 4.79 Å². The average Bonchev–Trinajstić information content (AvgIpc) is 3.30. The number of thiazole rings is 1. The van der Waals surface area contributed by atoms with Crippen molar-refractivity contribution in [1.82, 2.24) is 10.3 Å². The fourth-order valence-electron chi connectivity index (χ4n) is 4.37. The number of nitrogens with zero attached hydrogens (tertiary/aromatic N) is 2. The lowest BCUT2D eigenvalue weighted by atomic mass is 9.97. The summed E-state index contributed by atoms with van der Waals surface area (Å²) in [6.45, 7) is 9.94. The molecule has 8 heteroatoms. The molecule has 1 aliphatic rings. The number of hydrogen-bond donors (Lipinski definition) is 1. The van der Waals surface area contributed by atoms with Crippen molar-refractivity contribution in [2.24, 2.45) is 5.92 Å². The number of aromatic nitrogens is 1. The highest BCUT2D eigenvalue weighted by molar-refractivity contribution is 7.22. The van der Waals surface area contributed by atoms with Crippen LogP contribution in [0.1, 0.15) is 39.2 Å². The topological polar surface area (TPSA) is 72.9 Å². The minimum atomic E-state index is -0.0333. The van der Waals surface area contributed by atoms with E-state index in [0.717, 1.165) is 64.0 Å². The number of rotatable bonds is 11. The Hall–Kier alpha value is -3.00. The largest absolute Gasteiger partial charge is 0.494 e. The number of nitrogens with one attached hydrogen (secondary N) is 1. The van der Waals surface area contributed by atoms with Gasteiger partial charge in [-0.25, -0.2) is 4.98 Å². The predicted molar refractivity (Wildman–Crippen MR) is 141 cm³/mol. The van der Waals surface area contributed by atoms with Crippen molar-refractivity contribution in [3.05, 3.63) is 42.0 Å². The van der Waals surface area contributed by atoms with Crippen molar-refractivity contribution in [3.63, 3.8) is 0 Å². The highest BCUT2D eigenvalue weighted by Gasteiger charge is 2.27. The van der Waals surface area contributed by atoms with Gasteiger partial charge >= 0.3 is 0 Å². The molecule has 1 N–H and O–H groups in total. The molecule has 4 rings (SSSR count). The Morgan fingerprint density at radius 3 is 2.66 bits per heavy atom. The molecule has 2 heterocycles. The molecular weight excluding hydrogens is 462 g/mol. The maximum absolute atomic E-state index is 12.9. The van der Waals surface area contributed by atoms with Crippen LogP contribution in [0.3, 0.4) is 0 Å². The highest BCUT2D eigenvalue weighted by atomic mass is 32.1. The average molecular weight is 498 g/mol. The molecule has 0 radical (unpaired) electrons. The Balaban J connectivity index is 1.32. The lowest BCUT2D eigenvalue weighted by molar-refractivity contribution is -0.125. The van der Waals surface area contributed by atoms with E-state index in [-0.39, 0.29) is 11.8 Å². The van der Waals surface area contributed by atoms with Gasteiger partial charge in [0.1, 0.15) is 5.75 Å². The van der Waals surface area contributed by atoms with Crippen LogP contribution in [0, 0.1) is 5.92 Å². The molecule has 3 aromatic rings. The Labute approximate surface area is 211 Å². The molecule has 0 unspecified atom stereocenters. The van der Waals surface area contributed by atoms with Gasteiger partial charge in [0, 0.05) is 19.6 Å². The minimum absolute atomic E-state index is 0.0333. The third kappa shape index (κ3) is 6.36. The normalized spacial score (nSPS) is 15.7. The van der Waals surface area contributed by atoms with Gasteiger partial charge in [0.25, 0.3) is 0 Å². The van der Waals surface area contributed by atoms with Gasteiger partial charge in [-0.2, -0.15) is 0 Å². The van der Waals surface area contributed by atoms with Crippen molar-refractivity contribution in [1.29, 1.82) is 0 Å². The van der Waals surface area contributed by atoms with Crippen molar-refractivity contribution in [2.75, 3.05) is 44.4 Å². The van der Waals surface area contributed by atoms with Gasteiger partial charge in [0.05, 0.1) is 36.0 Å². The van der Waals surface area contributed by atoms with Gasteiger partial charge < -0.3 is 24.4 Å². The van der Waals surface area contributed by atoms with E-state index in [0.29, 0.717) is 32.9 Å². The lowest BCUT2D eigenvalue weighted by Gasteiger charge is -2.31. The summed E-state index contributed by atoms with van der Waals surface area (Å²) >= 11 is 1.66. The van der Waals surface area contributed by atoms with E-state index in [1.165, 1.54) is 0 Å². The number of piperidine rings is 1. The number of hydrogen-bond acceptors (Lipinski definition) is 7. The summed E-state index contributed by atoms with van der Waals surface area (Å²) in [5, 5.41) is 4.12. The molecule has 1 aromatic heterocycles. The molecule has 0 spiro atoms. The van der Waals surface area contributed by atoms with Crippen LogP contribution in [0.25, 0.3) is 10.2 Å². The van der Waals surface area contributed by atoms with Crippen molar-refractivity contribution in [2.45, 2.75) is 40.0 Å². The first-order valence-electron chi connectivity index (χ1n) is 12.6. The molecular formula is C27H35N3O4S. The summed E-state index contributed by atoms with van der Waals surface area (Å²) in [6, 6.07) is 12.0. The molecule has 0 aliphatic carbocycles. The molecule has 1 amide bonds. The minimum Gasteiger partial charge on any atom is -0.494 e. The van der Waals surface area contributed by atoms with E-state index in [1.807, 2.05) is 57.2 Å². The zero-order chi connectivity index (χ0) is 24.6. The number of fused-ring (bicyclic) bond motifs is 1. The van der Waals surface area contributed by atoms with E-state index in [2.05, 4.69) is 10.2 Å². The first-order valence-corrected chi connectivity index (χ1v) is 13.4. The van der Waals surface area contributed by atoms with Crippen LogP contribution in [0.5, 0.6) is 17.2 Å². The molecule has 35 heavy (non-hydrogen) atoms. The lowest BCUT2D eigenvalue weighted by Crippen LogP contribution is -2.43. The second-order valence-corrected chi connectivity index (χ2v) is 9.54. The second-order valence-electron chi connectivity index (χ2n) is 8.53. The zero-order valence-corrected chi connectivity index (χ0v) is 21.7. The maximum Gasteiger partial charge on any atom is 0.224 e. The highest BCUT2D eigenvalue weighted by Crippen LogP contribution is 2.34. The van der Waals surface area contributed by atoms with Crippen LogP contribution in [-0.4, -0.2) is 50.3 Å². The molecule has 7 nitrogen and oxygen atoms in total. The van der Waals surface area contributed by atoms with E-state index >= 15 is 0 Å². The molecule has 2 aromatic carbocycles. The Kier molecular flexibility index (Phi) is 8.69. The van der Waals surface area contributed by atoms with Crippen LogP contribution >= 0.6 is 11.3 Å². The van der Waals surface area contributed by atoms with Crippen LogP contribution in [0.15, 0.2) is 36.4 Å². The molecule has 188 valence electrons. The third-order valence-electron chi connectivity index (χ3n) is 6.04. The smallest absolute Gasteiger partial charge is 0.224 e. The molecule has 0 bridgehead atoms. The van der Waals surface area contributed by atoms with Crippen molar-refractivity contribution in [3.8, 4) is 17.2 Å². The fourth-order valence-corrected chi connectivity index (χ4v) is 5.40. The first-order chi connectivity index (χ1) is 17.1. The van der Waals surface area contributed by atoms with Gasteiger partial charge in [-0.05, 0) is 75.9 Å². The first kappa shape index (κ1) is 25.1. The maximum atomic E-state index is 12.9. The van der Waals surface area contributed by atoms with Gasteiger partial charge in [0.2, 0.25) is 5.91 Å².